The van der Waals surface area contributed by atoms with Crippen molar-refractivity contribution in [2.45, 2.75) is 44.7 Å². The lowest BCUT2D eigenvalue weighted by Gasteiger charge is -2.41. The monoisotopic (exact) mass is 251 g/mol. The van der Waals surface area contributed by atoms with E-state index >= 15 is 0 Å². The quantitative estimate of drug-likeness (QED) is 0.806. The van der Waals surface area contributed by atoms with Crippen LogP contribution in [0.2, 0.25) is 0 Å². The summed E-state index contributed by atoms with van der Waals surface area (Å²) < 4.78 is 31.5. The van der Waals surface area contributed by atoms with Crippen molar-refractivity contribution < 1.29 is 23.4 Å². The molecule has 0 bridgehead atoms. The number of alkyl halides is 2. The molecule has 0 amide bonds. The van der Waals surface area contributed by atoms with Crippen LogP contribution in [0.1, 0.15) is 26.7 Å². The Morgan fingerprint density at radius 1 is 1.59 bits per heavy atom. The van der Waals surface area contributed by atoms with Crippen molar-refractivity contribution in [1.82, 2.24) is 4.90 Å². The van der Waals surface area contributed by atoms with Gasteiger partial charge in [-0.25, -0.2) is 13.6 Å². The second-order valence-corrected chi connectivity index (χ2v) is 4.72. The Bertz CT molecular complexity index is 271. The second kappa shape index (κ2) is 5.73. The molecule has 1 aliphatic heterocycles. The third kappa shape index (κ3) is 4.55. The van der Waals surface area contributed by atoms with Crippen LogP contribution in [0.25, 0.3) is 0 Å². The Morgan fingerprint density at radius 3 is 2.76 bits per heavy atom. The van der Waals surface area contributed by atoms with Gasteiger partial charge in [-0.2, -0.15) is 0 Å². The highest BCUT2D eigenvalue weighted by Gasteiger charge is 2.40. The summed E-state index contributed by atoms with van der Waals surface area (Å²) >= 11 is 0. The number of hydrogen-bond donors (Lipinski definition) is 1. The van der Waals surface area contributed by atoms with Crippen LogP contribution in [-0.4, -0.2) is 53.7 Å². The first-order valence-electron chi connectivity index (χ1n) is 5.75. The molecule has 17 heavy (non-hydrogen) atoms. The number of aliphatic carboxylic acids is 1. The van der Waals surface area contributed by atoms with Gasteiger partial charge in [0.15, 0.2) is 0 Å². The maximum Gasteiger partial charge on any atom is 0.329 e. The van der Waals surface area contributed by atoms with Crippen LogP contribution < -0.4 is 0 Å². The van der Waals surface area contributed by atoms with Gasteiger partial charge in [0.25, 0.3) is 5.92 Å². The highest BCUT2D eigenvalue weighted by Crippen LogP contribution is 2.31. The van der Waals surface area contributed by atoms with Crippen molar-refractivity contribution >= 4 is 5.97 Å². The van der Waals surface area contributed by atoms with E-state index in [0.29, 0.717) is 6.42 Å². The van der Waals surface area contributed by atoms with Crippen LogP contribution in [0, 0.1) is 0 Å². The minimum atomic E-state index is -2.65. The van der Waals surface area contributed by atoms with Crippen molar-refractivity contribution in [3.63, 3.8) is 0 Å². The number of carbonyl (C=O) groups is 1. The van der Waals surface area contributed by atoms with E-state index < -0.39 is 11.9 Å². The van der Waals surface area contributed by atoms with Gasteiger partial charge in [-0.05, 0) is 20.3 Å². The van der Waals surface area contributed by atoms with E-state index in [1.807, 2.05) is 13.8 Å². The van der Waals surface area contributed by atoms with Crippen LogP contribution >= 0.6 is 0 Å². The average Bonchev–Trinajstić information content (AvgIpc) is 2.19. The standard InChI is InChI=1S/C11H19F2NO3/c1-8(2)14-7-11(12,13)4-3-9(14)5-17-6-10(15)16/h8-9H,3-7H2,1-2H3,(H,15,16). The van der Waals surface area contributed by atoms with E-state index in [1.165, 1.54) is 0 Å². The van der Waals surface area contributed by atoms with E-state index in [0.717, 1.165) is 0 Å². The van der Waals surface area contributed by atoms with Crippen molar-refractivity contribution in [3.8, 4) is 0 Å². The van der Waals surface area contributed by atoms with Crippen molar-refractivity contribution in [2.24, 2.45) is 0 Å². The molecule has 0 saturated carbocycles. The number of hydrogen-bond acceptors (Lipinski definition) is 3. The zero-order valence-electron chi connectivity index (χ0n) is 10.2. The minimum Gasteiger partial charge on any atom is -0.480 e. The average molecular weight is 251 g/mol. The summed E-state index contributed by atoms with van der Waals surface area (Å²) in [5.41, 5.74) is 0. The molecule has 0 spiro atoms. The predicted molar refractivity (Wildman–Crippen MR) is 58.3 cm³/mol. The molecule has 0 radical (unpaired) electrons. The van der Waals surface area contributed by atoms with Crippen LogP contribution in [0.3, 0.4) is 0 Å². The van der Waals surface area contributed by atoms with Crippen LogP contribution in [0.4, 0.5) is 8.78 Å². The molecule has 0 aromatic rings. The van der Waals surface area contributed by atoms with Crippen LogP contribution in [0.15, 0.2) is 0 Å². The fourth-order valence-electron chi connectivity index (χ4n) is 2.08. The largest absolute Gasteiger partial charge is 0.480 e. The number of rotatable bonds is 5. The SMILES string of the molecule is CC(C)N1CC(F)(F)CCC1COCC(=O)O. The fraction of sp³-hybridized carbons (Fsp3) is 0.909. The Morgan fingerprint density at radius 2 is 2.24 bits per heavy atom. The molecule has 1 N–H and O–H groups in total. The highest BCUT2D eigenvalue weighted by molar-refractivity contribution is 5.67. The lowest BCUT2D eigenvalue weighted by molar-refractivity contribution is -0.145. The Kier molecular flexibility index (Phi) is 4.82. The van der Waals surface area contributed by atoms with Crippen LogP contribution in [-0.2, 0) is 9.53 Å². The molecule has 1 unspecified atom stereocenters. The number of ether oxygens (including phenoxy) is 1. The lowest BCUT2D eigenvalue weighted by Crippen LogP contribution is -2.53. The lowest BCUT2D eigenvalue weighted by atomic mass is 9.98. The summed E-state index contributed by atoms with van der Waals surface area (Å²) in [4.78, 5) is 12.0. The first-order chi connectivity index (χ1) is 7.82. The van der Waals surface area contributed by atoms with Crippen molar-refractivity contribution in [3.05, 3.63) is 0 Å². The molecule has 1 aliphatic rings. The molecular weight excluding hydrogens is 232 g/mol. The number of likely N-dealkylation sites (tertiary alicyclic amines) is 1. The van der Waals surface area contributed by atoms with Gasteiger partial charge in [-0.3, -0.25) is 4.90 Å². The Hall–Kier alpha value is -0.750. The van der Waals surface area contributed by atoms with Crippen molar-refractivity contribution in [1.29, 1.82) is 0 Å². The molecule has 6 heteroatoms. The molecule has 0 aromatic heterocycles. The molecule has 0 aliphatic carbocycles. The molecule has 1 rings (SSSR count). The molecule has 1 saturated heterocycles. The van der Waals surface area contributed by atoms with Gasteiger partial charge in [0, 0.05) is 18.5 Å². The zero-order valence-corrected chi connectivity index (χ0v) is 10.2. The van der Waals surface area contributed by atoms with Gasteiger partial charge >= 0.3 is 5.97 Å². The molecule has 4 nitrogen and oxygen atoms in total. The van der Waals surface area contributed by atoms with Gasteiger partial charge < -0.3 is 9.84 Å². The number of halogens is 2. The van der Waals surface area contributed by atoms with E-state index in [-0.39, 0.29) is 38.3 Å². The Labute approximate surface area is 99.5 Å². The summed E-state index contributed by atoms with van der Waals surface area (Å²) in [5, 5.41) is 8.44. The molecule has 0 aromatic carbocycles. The van der Waals surface area contributed by atoms with E-state index in [4.69, 9.17) is 9.84 Å². The third-order valence-corrected chi connectivity index (χ3v) is 2.93. The highest BCUT2D eigenvalue weighted by atomic mass is 19.3. The summed E-state index contributed by atoms with van der Waals surface area (Å²) in [7, 11) is 0. The number of piperidine rings is 1. The van der Waals surface area contributed by atoms with Crippen molar-refractivity contribution in [2.75, 3.05) is 19.8 Å². The fourth-order valence-corrected chi connectivity index (χ4v) is 2.08. The number of carboxylic acid groups (broad SMARTS) is 1. The minimum absolute atomic E-state index is 0.000368. The maximum absolute atomic E-state index is 13.3. The first-order valence-corrected chi connectivity index (χ1v) is 5.75. The van der Waals surface area contributed by atoms with Gasteiger partial charge in [-0.1, -0.05) is 0 Å². The second-order valence-electron chi connectivity index (χ2n) is 4.72. The molecule has 1 heterocycles. The van der Waals surface area contributed by atoms with E-state index in [2.05, 4.69) is 0 Å². The van der Waals surface area contributed by atoms with Gasteiger partial charge in [0.05, 0.1) is 13.2 Å². The smallest absolute Gasteiger partial charge is 0.329 e. The number of carboxylic acids is 1. The molecule has 1 fully saturated rings. The Balaban J connectivity index is 2.49. The molecular formula is C11H19F2NO3. The topological polar surface area (TPSA) is 49.8 Å². The summed E-state index contributed by atoms with van der Waals surface area (Å²) in [6.45, 7) is 3.25. The van der Waals surface area contributed by atoms with Gasteiger partial charge in [0.1, 0.15) is 6.61 Å². The zero-order chi connectivity index (χ0) is 13.1. The van der Waals surface area contributed by atoms with Crippen LogP contribution in [0.5, 0.6) is 0 Å². The predicted octanol–water partition coefficient (Wildman–Crippen LogP) is 1.60. The molecule has 100 valence electrons. The summed E-state index contributed by atoms with van der Waals surface area (Å²) in [6, 6.07) is -0.117. The summed E-state index contributed by atoms with van der Waals surface area (Å²) in [5.74, 6) is -3.68. The van der Waals surface area contributed by atoms with E-state index in [1.54, 1.807) is 4.90 Å². The normalized spacial score (nSPS) is 25.1. The van der Waals surface area contributed by atoms with E-state index in [9.17, 15) is 13.6 Å². The van der Waals surface area contributed by atoms with Gasteiger partial charge in [-0.15, -0.1) is 0 Å². The summed E-state index contributed by atoms with van der Waals surface area (Å²) in [6.07, 6.45) is 0.183. The number of nitrogens with zero attached hydrogens (tertiary/aromatic N) is 1. The first kappa shape index (κ1) is 14.3. The third-order valence-electron chi connectivity index (χ3n) is 2.93. The molecule has 1 atom stereocenters. The van der Waals surface area contributed by atoms with Gasteiger partial charge in [0.2, 0.25) is 0 Å². The maximum atomic E-state index is 13.3.